The number of amidine groups is 1. The summed E-state index contributed by atoms with van der Waals surface area (Å²) in [6.07, 6.45) is 5.77. The summed E-state index contributed by atoms with van der Waals surface area (Å²) in [6, 6.07) is 16.1. The van der Waals surface area contributed by atoms with Gasteiger partial charge in [0.25, 0.3) is 5.91 Å². The van der Waals surface area contributed by atoms with Crippen molar-refractivity contribution in [2.24, 2.45) is 4.99 Å². The van der Waals surface area contributed by atoms with Crippen molar-refractivity contribution in [1.29, 1.82) is 5.26 Å². The molecule has 5 heteroatoms. The third kappa shape index (κ3) is 3.74. The third-order valence-electron chi connectivity index (χ3n) is 5.91. The molecular formula is C24H24BrN3O. The molecule has 1 fully saturated rings. The van der Waals surface area contributed by atoms with Crippen molar-refractivity contribution in [3.8, 4) is 17.2 Å². The molecule has 1 aliphatic carbocycles. The second kappa shape index (κ2) is 8.12. The highest BCUT2D eigenvalue weighted by Crippen LogP contribution is 2.40. The minimum Gasteiger partial charge on any atom is -0.294 e. The van der Waals surface area contributed by atoms with E-state index in [0.29, 0.717) is 12.1 Å². The number of amides is 1. The first-order valence-electron chi connectivity index (χ1n) is 10.3. The van der Waals surface area contributed by atoms with Gasteiger partial charge in [0.05, 0.1) is 18.2 Å². The Kier molecular flexibility index (Phi) is 5.56. The molecule has 0 bridgehead atoms. The van der Waals surface area contributed by atoms with Crippen molar-refractivity contribution >= 4 is 27.7 Å². The van der Waals surface area contributed by atoms with E-state index in [-0.39, 0.29) is 5.91 Å². The zero-order valence-electron chi connectivity index (χ0n) is 16.6. The van der Waals surface area contributed by atoms with E-state index in [9.17, 15) is 10.1 Å². The first-order chi connectivity index (χ1) is 14.1. The van der Waals surface area contributed by atoms with Crippen LogP contribution in [0, 0.1) is 11.3 Å². The van der Waals surface area contributed by atoms with Crippen LogP contribution in [0.5, 0.6) is 0 Å². The number of aliphatic imine (C=N–C) groups is 1. The molecular weight excluding hydrogens is 426 g/mol. The van der Waals surface area contributed by atoms with E-state index >= 15 is 0 Å². The number of carbonyl (C=O) groups is 1. The standard InChI is InChI=1S/C24H24BrN3O/c1-2-5-22-27-24(12-3-4-13-24)23(29)28(22)16-17-6-8-18(9-7-17)21-14-20(25)11-10-19(21)15-26/h6-11,14H,2-5,12-13,16H2,1H3. The van der Waals surface area contributed by atoms with Crippen LogP contribution in [0.2, 0.25) is 0 Å². The lowest BCUT2D eigenvalue weighted by Gasteiger charge is -2.22. The smallest absolute Gasteiger partial charge is 0.256 e. The number of hydrogen-bond donors (Lipinski definition) is 0. The normalized spacial score (nSPS) is 17.6. The summed E-state index contributed by atoms with van der Waals surface area (Å²) >= 11 is 3.49. The van der Waals surface area contributed by atoms with Gasteiger partial charge < -0.3 is 0 Å². The lowest BCUT2D eigenvalue weighted by molar-refractivity contribution is -0.131. The highest BCUT2D eigenvalue weighted by atomic mass is 79.9. The maximum atomic E-state index is 13.2. The van der Waals surface area contributed by atoms with E-state index in [1.807, 2.05) is 47.4 Å². The summed E-state index contributed by atoms with van der Waals surface area (Å²) in [5.41, 5.74) is 3.14. The molecule has 0 aromatic heterocycles. The van der Waals surface area contributed by atoms with Gasteiger partial charge in [-0.05, 0) is 48.6 Å². The van der Waals surface area contributed by atoms with Crippen LogP contribution in [0.15, 0.2) is 51.9 Å². The summed E-state index contributed by atoms with van der Waals surface area (Å²) in [5.74, 6) is 1.13. The van der Waals surface area contributed by atoms with Crippen LogP contribution in [0.4, 0.5) is 0 Å². The molecule has 2 aliphatic rings. The molecule has 0 N–H and O–H groups in total. The first kappa shape index (κ1) is 19.8. The Labute approximate surface area is 180 Å². The third-order valence-corrected chi connectivity index (χ3v) is 6.40. The lowest BCUT2D eigenvalue weighted by atomic mass is 9.97. The topological polar surface area (TPSA) is 56.5 Å². The fourth-order valence-corrected chi connectivity index (χ4v) is 4.77. The van der Waals surface area contributed by atoms with Crippen molar-refractivity contribution in [3.05, 3.63) is 58.1 Å². The van der Waals surface area contributed by atoms with Gasteiger partial charge in [-0.2, -0.15) is 5.26 Å². The molecule has 1 heterocycles. The van der Waals surface area contributed by atoms with Gasteiger partial charge in [-0.15, -0.1) is 0 Å². The average molecular weight is 450 g/mol. The fourth-order valence-electron chi connectivity index (χ4n) is 4.41. The highest BCUT2D eigenvalue weighted by Gasteiger charge is 2.49. The van der Waals surface area contributed by atoms with E-state index in [4.69, 9.17) is 4.99 Å². The van der Waals surface area contributed by atoms with Crippen molar-refractivity contribution < 1.29 is 4.79 Å². The largest absolute Gasteiger partial charge is 0.294 e. The van der Waals surface area contributed by atoms with Crippen molar-refractivity contribution in [2.75, 3.05) is 0 Å². The molecule has 1 spiro atoms. The van der Waals surface area contributed by atoms with E-state index in [0.717, 1.165) is 65.5 Å². The van der Waals surface area contributed by atoms with E-state index in [1.54, 1.807) is 0 Å². The Bertz CT molecular complexity index is 998. The van der Waals surface area contributed by atoms with Crippen molar-refractivity contribution in [3.63, 3.8) is 0 Å². The molecule has 0 atom stereocenters. The predicted octanol–water partition coefficient (Wildman–Crippen LogP) is 5.84. The van der Waals surface area contributed by atoms with E-state index < -0.39 is 5.54 Å². The SMILES string of the molecule is CCCC1=NC2(CCCC2)C(=O)N1Cc1ccc(-c2cc(Br)ccc2C#N)cc1. The first-order valence-corrected chi connectivity index (χ1v) is 11.1. The summed E-state index contributed by atoms with van der Waals surface area (Å²) in [5, 5.41) is 9.40. The van der Waals surface area contributed by atoms with Crippen molar-refractivity contribution in [1.82, 2.24) is 4.90 Å². The Morgan fingerprint density at radius 1 is 1.17 bits per heavy atom. The minimum absolute atomic E-state index is 0.182. The zero-order valence-corrected chi connectivity index (χ0v) is 18.2. The minimum atomic E-state index is -0.484. The molecule has 4 rings (SSSR count). The predicted molar refractivity (Wildman–Crippen MR) is 118 cm³/mol. The molecule has 2 aromatic rings. The van der Waals surface area contributed by atoms with Gasteiger partial charge in [0, 0.05) is 16.5 Å². The number of halogens is 1. The number of hydrogen-bond acceptors (Lipinski definition) is 3. The van der Waals surface area contributed by atoms with Gasteiger partial charge in [0.1, 0.15) is 11.4 Å². The van der Waals surface area contributed by atoms with Gasteiger partial charge in [-0.1, -0.05) is 60.0 Å². The lowest BCUT2D eigenvalue weighted by Crippen LogP contribution is -2.40. The fraction of sp³-hybridized carbons (Fsp3) is 0.375. The van der Waals surface area contributed by atoms with Crippen LogP contribution in [-0.4, -0.2) is 22.2 Å². The maximum Gasteiger partial charge on any atom is 0.256 e. The Hall–Kier alpha value is -2.45. The van der Waals surface area contributed by atoms with Crippen LogP contribution < -0.4 is 0 Å². The second-order valence-electron chi connectivity index (χ2n) is 7.91. The number of nitriles is 1. The molecule has 148 valence electrons. The van der Waals surface area contributed by atoms with Gasteiger partial charge in [0.2, 0.25) is 0 Å². The number of nitrogens with zero attached hydrogens (tertiary/aromatic N) is 3. The molecule has 1 aliphatic heterocycles. The van der Waals surface area contributed by atoms with Crippen LogP contribution in [-0.2, 0) is 11.3 Å². The number of carbonyl (C=O) groups excluding carboxylic acids is 1. The molecule has 29 heavy (non-hydrogen) atoms. The van der Waals surface area contributed by atoms with E-state index in [1.165, 1.54) is 0 Å². The molecule has 2 aromatic carbocycles. The Balaban J connectivity index is 1.58. The van der Waals surface area contributed by atoms with Gasteiger partial charge in [-0.25, -0.2) is 0 Å². The van der Waals surface area contributed by atoms with Crippen LogP contribution in [0.1, 0.15) is 56.6 Å². The van der Waals surface area contributed by atoms with Gasteiger partial charge in [-0.3, -0.25) is 14.7 Å². The van der Waals surface area contributed by atoms with Crippen LogP contribution in [0.3, 0.4) is 0 Å². The zero-order chi connectivity index (χ0) is 20.4. The summed E-state index contributed by atoms with van der Waals surface area (Å²) in [4.78, 5) is 20.0. The summed E-state index contributed by atoms with van der Waals surface area (Å²) in [7, 11) is 0. The van der Waals surface area contributed by atoms with Crippen LogP contribution >= 0.6 is 15.9 Å². The molecule has 4 nitrogen and oxygen atoms in total. The van der Waals surface area contributed by atoms with E-state index in [2.05, 4.69) is 28.9 Å². The Morgan fingerprint density at radius 3 is 2.55 bits per heavy atom. The molecule has 0 saturated heterocycles. The summed E-state index contributed by atoms with van der Waals surface area (Å²) < 4.78 is 0.945. The molecule has 0 radical (unpaired) electrons. The molecule has 0 unspecified atom stereocenters. The maximum absolute atomic E-state index is 13.2. The quantitative estimate of drug-likeness (QED) is 0.575. The average Bonchev–Trinajstić information content (AvgIpc) is 3.30. The number of benzene rings is 2. The van der Waals surface area contributed by atoms with Gasteiger partial charge in [0.15, 0.2) is 0 Å². The number of rotatable bonds is 5. The summed E-state index contributed by atoms with van der Waals surface area (Å²) in [6.45, 7) is 2.69. The van der Waals surface area contributed by atoms with Crippen molar-refractivity contribution in [2.45, 2.75) is 57.5 Å². The highest BCUT2D eigenvalue weighted by molar-refractivity contribution is 9.10. The monoisotopic (exact) mass is 449 g/mol. The molecule has 1 saturated carbocycles. The van der Waals surface area contributed by atoms with Gasteiger partial charge >= 0.3 is 0 Å². The molecule has 1 amide bonds. The second-order valence-corrected chi connectivity index (χ2v) is 8.82. The Morgan fingerprint density at radius 2 is 1.90 bits per heavy atom. The van der Waals surface area contributed by atoms with Crippen LogP contribution in [0.25, 0.3) is 11.1 Å².